The number of sulfone groups is 1. The molecule has 2 aliphatic rings. The fraction of sp³-hybridized carbons (Fsp3) is 0.611. The van der Waals surface area contributed by atoms with E-state index in [2.05, 4.69) is 15.5 Å². The number of nitro benzene ring substituents is 1. The third kappa shape index (κ3) is 5.85. The van der Waals surface area contributed by atoms with Crippen LogP contribution in [0.4, 0.5) is 24.5 Å². The lowest BCUT2D eigenvalue weighted by Crippen LogP contribution is -2.50. The van der Waals surface area contributed by atoms with Gasteiger partial charge in [-0.25, -0.2) is 8.42 Å². The largest absolute Gasteiger partial charge is 0.416 e. The zero-order chi connectivity index (χ0) is 22.8. The fourth-order valence-corrected chi connectivity index (χ4v) is 5.95. The molecule has 2 heterocycles. The second kappa shape index (κ2) is 8.99. The van der Waals surface area contributed by atoms with Gasteiger partial charge in [-0.15, -0.1) is 0 Å². The van der Waals surface area contributed by atoms with Crippen molar-refractivity contribution in [2.75, 3.05) is 36.5 Å². The van der Waals surface area contributed by atoms with Gasteiger partial charge in [0.05, 0.1) is 28.0 Å². The maximum absolute atomic E-state index is 12.8. The van der Waals surface area contributed by atoms with Crippen LogP contribution in [0.3, 0.4) is 0 Å². The van der Waals surface area contributed by atoms with Crippen molar-refractivity contribution in [2.24, 2.45) is 0 Å². The average Bonchev–Trinajstić information content (AvgIpc) is 3.28. The lowest BCUT2D eigenvalue weighted by atomic mass is 10.1. The predicted octanol–water partition coefficient (Wildman–Crippen LogP) is 1.79. The summed E-state index contributed by atoms with van der Waals surface area (Å²) in [6.07, 6.45) is -2.88. The molecule has 0 aliphatic carbocycles. The van der Waals surface area contributed by atoms with Gasteiger partial charge in [0.2, 0.25) is 5.91 Å². The van der Waals surface area contributed by atoms with Crippen molar-refractivity contribution < 1.29 is 31.3 Å². The molecule has 2 fully saturated rings. The highest BCUT2D eigenvalue weighted by molar-refractivity contribution is 7.91. The first-order chi connectivity index (χ1) is 14.5. The van der Waals surface area contributed by atoms with E-state index in [1.807, 2.05) is 0 Å². The third-order valence-corrected chi connectivity index (χ3v) is 7.18. The number of carbonyl (C=O) groups excluding carboxylic acids is 1. The van der Waals surface area contributed by atoms with E-state index in [9.17, 15) is 36.5 Å². The third-order valence-electron chi connectivity index (χ3n) is 5.47. The Morgan fingerprint density at radius 3 is 2.52 bits per heavy atom. The highest BCUT2D eigenvalue weighted by Crippen LogP contribution is 2.35. The second-order valence-corrected chi connectivity index (χ2v) is 9.88. The highest BCUT2D eigenvalue weighted by Gasteiger charge is 2.42. The van der Waals surface area contributed by atoms with Crippen molar-refractivity contribution in [1.29, 1.82) is 0 Å². The van der Waals surface area contributed by atoms with E-state index < -0.39 is 44.1 Å². The summed E-state index contributed by atoms with van der Waals surface area (Å²) in [4.78, 5) is 24.6. The Morgan fingerprint density at radius 1 is 1.23 bits per heavy atom. The number of hydrogen-bond donors (Lipinski definition) is 2. The molecule has 0 aromatic heterocycles. The van der Waals surface area contributed by atoms with Gasteiger partial charge in [-0.05, 0) is 38.1 Å². The number of hydrogen-bond acceptors (Lipinski definition) is 7. The van der Waals surface area contributed by atoms with E-state index in [0.29, 0.717) is 6.07 Å². The standard InChI is InChI=1S/C18H23F3N4O5S/c19-18(20,21)12-3-4-13(15(9-12)25(27)28)22-6-5-17(26)23-14-10-31(29,30)11-16(14)24-7-1-2-8-24/h3-4,9,14,16,22H,1-2,5-8,10-11H2,(H,23,26). The van der Waals surface area contributed by atoms with Crippen LogP contribution in [0.5, 0.6) is 0 Å². The van der Waals surface area contributed by atoms with Crippen LogP contribution in [0.1, 0.15) is 24.8 Å². The van der Waals surface area contributed by atoms with E-state index in [4.69, 9.17) is 0 Å². The number of likely N-dealkylation sites (tertiary alicyclic amines) is 1. The van der Waals surface area contributed by atoms with Crippen LogP contribution in [0.25, 0.3) is 0 Å². The van der Waals surface area contributed by atoms with Crippen molar-refractivity contribution in [3.05, 3.63) is 33.9 Å². The van der Waals surface area contributed by atoms with E-state index >= 15 is 0 Å². The number of alkyl halides is 3. The predicted molar refractivity (Wildman–Crippen MR) is 106 cm³/mol. The molecule has 2 atom stereocenters. The molecule has 0 saturated carbocycles. The molecule has 3 rings (SSSR count). The topological polar surface area (TPSA) is 122 Å². The Morgan fingerprint density at radius 2 is 1.90 bits per heavy atom. The van der Waals surface area contributed by atoms with Gasteiger partial charge in [-0.3, -0.25) is 19.8 Å². The summed E-state index contributed by atoms with van der Waals surface area (Å²) in [6, 6.07) is 1.30. The molecular weight excluding hydrogens is 441 g/mol. The number of rotatable bonds is 7. The zero-order valence-electron chi connectivity index (χ0n) is 16.5. The molecule has 2 N–H and O–H groups in total. The van der Waals surface area contributed by atoms with Crippen LogP contribution in [-0.2, 0) is 20.8 Å². The Bertz CT molecular complexity index is 948. The molecule has 9 nitrogen and oxygen atoms in total. The maximum Gasteiger partial charge on any atom is 0.416 e. The lowest BCUT2D eigenvalue weighted by molar-refractivity contribution is -0.384. The van der Waals surface area contributed by atoms with Gasteiger partial charge in [-0.2, -0.15) is 13.2 Å². The quantitative estimate of drug-likeness (QED) is 0.466. The molecule has 2 aliphatic heterocycles. The van der Waals surface area contributed by atoms with Crippen LogP contribution in [0, 0.1) is 10.1 Å². The summed E-state index contributed by atoms with van der Waals surface area (Å²) < 4.78 is 62.4. The van der Waals surface area contributed by atoms with Gasteiger partial charge < -0.3 is 10.6 Å². The molecule has 13 heteroatoms. The molecule has 0 radical (unpaired) electrons. The van der Waals surface area contributed by atoms with Gasteiger partial charge in [0.25, 0.3) is 5.69 Å². The second-order valence-electron chi connectivity index (χ2n) is 7.72. The number of carbonyl (C=O) groups is 1. The van der Waals surface area contributed by atoms with Crippen LogP contribution < -0.4 is 10.6 Å². The number of amides is 1. The Balaban J connectivity index is 1.58. The van der Waals surface area contributed by atoms with Gasteiger partial charge in [0.15, 0.2) is 9.84 Å². The number of nitro groups is 1. The Labute approximate surface area is 177 Å². The molecule has 0 bridgehead atoms. The highest BCUT2D eigenvalue weighted by atomic mass is 32.2. The van der Waals surface area contributed by atoms with Gasteiger partial charge >= 0.3 is 6.18 Å². The summed E-state index contributed by atoms with van der Waals surface area (Å²) >= 11 is 0. The summed E-state index contributed by atoms with van der Waals surface area (Å²) in [5, 5.41) is 16.5. The van der Waals surface area contributed by atoms with Crippen LogP contribution in [0.15, 0.2) is 18.2 Å². The minimum Gasteiger partial charge on any atom is -0.379 e. The van der Waals surface area contributed by atoms with Crippen molar-refractivity contribution in [1.82, 2.24) is 10.2 Å². The van der Waals surface area contributed by atoms with Crippen molar-refractivity contribution in [2.45, 2.75) is 37.5 Å². The van der Waals surface area contributed by atoms with Gasteiger partial charge in [-0.1, -0.05) is 0 Å². The molecule has 1 aromatic rings. The van der Waals surface area contributed by atoms with Crippen molar-refractivity contribution >= 4 is 27.1 Å². The average molecular weight is 464 g/mol. The summed E-state index contributed by atoms with van der Waals surface area (Å²) in [5.74, 6) is -0.584. The van der Waals surface area contributed by atoms with E-state index in [1.54, 1.807) is 0 Å². The number of nitrogens with one attached hydrogen (secondary N) is 2. The number of benzene rings is 1. The minimum absolute atomic E-state index is 0.00601. The van der Waals surface area contributed by atoms with Crippen LogP contribution in [-0.4, -0.2) is 67.4 Å². The zero-order valence-corrected chi connectivity index (χ0v) is 17.3. The fourth-order valence-electron chi connectivity index (χ4n) is 4.00. The number of anilines is 1. The molecule has 2 unspecified atom stereocenters. The molecule has 1 aromatic carbocycles. The van der Waals surface area contributed by atoms with E-state index in [1.165, 1.54) is 0 Å². The first-order valence-electron chi connectivity index (χ1n) is 9.79. The molecule has 1 amide bonds. The monoisotopic (exact) mass is 464 g/mol. The Hall–Kier alpha value is -2.41. The molecule has 2 saturated heterocycles. The SMILES string of the molecule is O=C(CCNc1ccc(C(F)(F)F)cc1[N+](=O)[O-])NC1CS(=O)(=O)CC1N1CCCC1. The first kappa shape index (κ1) is 23.3. The Kier molecular flexibility index (Phi) is 6.74. The number of nitrogens with zero attached hydrogens (tertiary/aromatic N) is 2. The van der Waals surface area contributed by atoms with E-state index in [0.717, 1.165) is 38.1 Å². The lowest BCUT2D eigenvalue weighted by Gasteiger charge is -2.28. The number of halogens is 3. The van der Waals surface area contributed by atoms with Gasteiger partial charge in [0.1, 0.15) is 5.69 Å². The van der Waals surface area contributed by atoms with Crippen LogP contribution in [0.2, 0.25) is 0 Å². The maximum atomic E-state index is 12.8. The van der Waals surface area contributed by atoms with Crippen molar-refractivity contribution in [3.8, 4) is 0 Å². The summed E-state index contributed by atoms with van der Waals surface area (Å²) in [6.45, 7) is 1.50. The summed E-state index contributed by atoms with van der Waals surface area (Å²) in [7, 11) is -3.26. The first-order valence-corrected chi connectivity index (χ1v) is 11.6. The summed E-state index contributed by atoms with van der Waals surface area (Å²) in [5.41, 5.74) is -2.02. The van der Waals surface area contributed by atoms with Crippen molar-refractivity contribution in [3.63, 3.8) is 0 Å². The minimum atomic E-state index is -4.71. The normalized spacial score (nSPS) is 23.6. The van der Waals surface area contributed by atoms with Gasteiger partial charge in [0, 0.05) is 25.1 Å². The van der Waals surface area contributed by atoms with E-state index in [-0.39, 0.29) is 36.2 Å². The smallest absolute Gasteiger partial charge is 0.379 e. The molecule has 0 spiro atoms. The molecular formula is C18H23F3N4O5S. The van der Waals surface area contributed by atoms with Crippen LogP contribution >= 0.6 is 0 Å². The molecule has 31 heavy (non-hydrogen) atoms. The molecule has 172 valence electrons.